The van der Waals surface area contributed by atoms with Gasteiger partial charge in [0, 0.05) is 10.0 Å². The quantitative estimate of drug-likeness (QED) is 0.133. The third kappa shape index (κ3) is 4.67. The highest BCUT2D eigenvalue weighted by atomic mass is 79.9. The highest BCUT2D eigenvalue weighted by molar-refractivity contribution is 9.10. The molecule has 0 aliphatic carbocycles. The second-order valence-corrected chi connectivity index (χ2v) is 8.79. The topological polar surface area (TPSA) is 102 Å². The monoisotopic (exact) mass is 527 g/mol. The van der Waals surface area contributed by atoms with Gasteiger partial charge in [-0.2, -0.15) is 10.2 Å². The van der Waals surface area contributed by atoms with Gasteiger partial charge in [-0.3, -0.25) is 19.6 Å². The molecule has 0 unspecified atom stereocenters. The molecule has 1 heterocycles. The lowest BCUT2D eigenvalue weighted by Gasteiger charge is -2.07. The first-order valence-corrected chi connectivity index (χ1v) is 11.5. The molecule has 0 atom stereocenters. The Labute approximate surface area is 208 Å². The molecule has 9 heteroatoms. The van der Waals surface area contributed by atoms with Gasteiger partial charge in [-0.05, 0) is 45.3 Å². The molecule has 0 saturated heterocycles. The Balaban J connectivity index is 1.43. The molecule has 0 aliphatic rings. The largest absolute Gasteiger partial charge is 0.320 e. The van der Waals surface area contributed by atoms with Crippen LogP contribution in [-0.4, -0.2) is 26.8 Å². The molecule has 0 aliphatic heterocycles. The average Bonchev–Trinajstić information content (AvgIpc) is 3.29. The molecule has 1 amide bonds. The summed E-state index contributed by atoms with van der Waals surface area (Å²) in [6.45, 7) is 0.284. The molecule has 5 aromatic rings. The van der Waals surface area contributed by atoms with E-state index < -0.39 is 10.8 Å². The number of rotatable bonds is 6. The number of nitro groups is 1. The molecule has 172 valence electrons. The Morgan fingerprint density at radius 3 is 2.29 bits per heavy atom. The van der Waals surface area contributed by atoms with Crippen LogP contribution in [0.1, 0.15) is 21.6 Å². The summed E-state index contributed by atoms with van der Waals surface area (Å²) in [5.74, 6) is -0.757. The van der Waals surface area contributed by atoms with Gasteiger partial charge >= 0.3 is 5.69 Å². The van der Waals surface area contributed by atoms with Crippen molar-refractivity contribution in [3.05, 3.63) is 116 Å². The van der Waals surface area contributed by atoms with E-state index in [4.69, 9.17) is 0 Å². The number of fused-ring (bicyclic) bond motifs is 2. The lowest BCUT2D eigenvalue weighted by Crippen LogP contribution is -2.19. The van der Waals surface area contributed by atoms with Crippen LogP contribution in [0.4, 0.5) is 5.69 Å². The first-order chi connectivity index (χ1) is 17.0. The minimum atomic E-state index is -0.757. The van der Waals surface area contributed by atoms with E-state index in [2.05, 4.69) is 37.6 Å². The lowest BCUT2D eigenvalue weighted by atomic mass is 9.97. The van der Waals surface area contributed by atoms with Crippen LogP contribution in [-0.2, 0) is 6.54 Å². The second-order valence-electron chi connectivity index (χ2n) is 7.88. The summed E-state index contributed by atoms with van der Waals surface area (Å²) in [6.07, 6.45) is 2.81. The molecule has 0 radical (unpaired) electrons. The first kappa shape index (κ1) is 22.4. The van der Waals surface area contributed by atoms with Crippen molar-refractivity contribution < 1.29 is 9.72 Å². The number of nitrogens with zero attached hydrogens (tertiary/aromatic N) is 4. The molecule has 0 fully saturated rings. The minimum absolute atomic E-state index is 0.284. The number of nitrogens with one attached hydrogen (secondary N) is 1. The molecule has 1 aromatic heterocycles. The molecule has 0 saturated carbocycles. The van der Waals surface area contributed by atoms with Crippen LogP contribution >= 0.6 is 15.9 Å². The number of hydrogen-bond acceptors (Lipinski definition) is 5. The number of hydrogen-bond donors (Lipinski definition) is 1. The van der Waals surface area contributed by atoms with Crippen molar-refractivity contribution in [1.82, 2.24) is 15.2 Å². The minimum Gasteiger partial charge on any atom is -0.265 e. The Morgan fingerprint density at radius 2 is 1.66 bits per heavy atom. The van der Waals surface area contributed by atoms with Crippen LogP contribution in [0.15, 0.2) is 94.6 Å². The van der Waals surface area contributed by atoms with Crippen LogP contribution in [0.3, 0.4) is 0 Å². The normalized spacial score (nSPS) is 11.3. The number of aromatic nitrogens is 2. The molecular weight excluding hydrogens is 510 g/mol. The van der Waals surface area contributed by atoms with Crippen LogP contribution in [0.25, 0.3) is 21.5 Å². The maximum atomic E-state index is 12.8. The van der Waals surface area contributed by atoms with Gasteiger partial charge in [0.05, 0.1) is 17.7 Å². The zero-order valence-corrected chi connectivity index (χ0v) is 19.8. The van der Waals surface area contributed by atoms with Crippen LogP contribution < -0.4 is 5.43 Å². The number of amides is 1. The van der Waals surface area contributed by atoms with Gasteiger partial charge in [0.1, 0.15) is 6.20 Å². The van der Waals surface area contributed by atoms with Crippen molar-refractivity contribution >= 4 is 55.3 Å². The van der Waals surface area contributed by atoms with Crippen molar-refractivity contribution in [3.8, 4) is 0 Å². The van der Waals surface area contributed by atoms with E-state index in [9.17, 15) is 14.9 Å². The molecule has 35 heavy (non-hydrogen) atoms. The third-order valence-corrected chi connectivity index (χ3v) is 6.11. The van der Waals surface area contributed by atoms with E-state index in [1.165, 1.54) is 10.9 Å². The summed E-state index contributed by atoms with van der Waals surface area (Å²) >= 11 is 3.37. The van der Waals surface area contributed by atoms with Gasteiger partial charge < -0.3 is 0 Å². The summed E-state index contributed by atoms with van der Waals surface area (Å²) < 4.78 is 2.29. The maximum Gasteiger partial charge on any atom is 0.320 e. The van der Waals surface area contributed by atoms with E-state index >= 15 is 0 Å². The predicted octanol–water partition coefficient (Wildman–Crippen LogP) is 5.67. The lowest BCUT2D eigenvalue weighted by molar-refractivity contribution is -0.385. The Morgan fingerprint density at radius 1 is 1.03 bits per heavy atom. The highest BCUT2D eigenvalue weighted by Gasteiger charge is 2.25. The zero-order valence-electron chi connectivity index (χ0n) is 18.3. The van der Waals surface area contributed by atoms with E-state index in [-0.39, 0.29) is 17.9 Å². The van der Waals surface area contributed by atoms with Gasteiger partial charge in [0.25, 0.3) is 5.91 Å². The molecule has 1 N–H and O–H groups in total. The van der Waals surface area contributed by atoms with E-state index in [1.54, 1.807) is 6.21 Å². The molecule has 4 aromatic carbocycles. The van der Waals surface area contributed by atoms with Gasteiger partial charge in [0.15, 0.2) is 0 Å². The Kier molecular flexibility index (Phi) is 6.07. The average molecular weight is 528 g/mol. The molecule has 8 nitrogen and oxygen atoms in total. The van der Waals surface area contributed by atoms with Crippen LogP contribution in [0.5, 0.6) is 0 Å². The zero-order chi connectivity index (χ0) is 24.4. The molecule has 0 spiro atoms. The van der Waals surface area contributed by atoms with Crippen molar-refractivity contribution in [2.75, 3.05) is 0 Å². The van der Waals surface area contributed by atoms with E-state index in [1.807, 2.05) is 72.8 Å². The number of benzene rings is 4. The van der Waals surface area contributed by atoms with E-state index in [0.29, 0.717) is 0 Å². The van der Waals surface area contributed by atoms with Crippen molar-refractivity contribution in [2.45, 2.75) is 6.54 Å². The maximum absolute atomic E-state index is 12.8. The van der Waals surface area contributed by atoms with Gasteiger partial charge in [-0.1, -0.05) is 76.6 Å². The fourth-order valence-electron chi connectivity index (χ4n) is 3.96. The van der Waals surface area contributed by atoms with Crippen molar-refractivity contribution in [2.24, 2.45) is 5.10 Å². The molecular formula is C26H18BrN5O3. The third-order valence-electron chi connectivity index (χ3n) is 5.58. The highest BCUT2D eigenvalue weighted by Crippen LogP contribution is 2.27. The van der Waals surface area contributed by atoms with E-state index in [0.717, 1.165) is 37.1 Å². The fourth-order valence-corrected chi connectivity index (χ4v) is 4.22. The van der Waals surface area contributed by atoms with Crippen molar-refractivity contribution in [3.63, 3.8) is 0 Å². The number of halogens is 1. The Hall–Kier alpha value is -4.37. The summed E-state index contributed by atoms with van der Waals surface area (Å²) in [5.41, 5.74) is 3.45. The second kappa shape index (κ2) is 9.47. The van der Waals surface area contributed by atoms with Crippen LogP contribution in [0, 0.1) is 10.1 Å². The fraction of sp³-hybridized carbons (Fsp3) is 0.0385. The predicted molar refractivity (Wildman–Crippen MR) is 139 cm³/mol. The summed E-state index contributed by atoms with van der Waals surface area (Å²) in [5, 5.41) is 23.9. The summed E-state index contributed by atoms with van der Waals surface area (Å²) in [6, 6.07) is 25.4. The number of hydrazone groups is 1. The smallest absolute Gasteiger partial charge is 0.265 e. The SMILES string of the molecule is O=C(N/N=C/c1c2ccccc2cc2ccccc12)c1nn(Cc2ccc(Br)cc2)cc1[N+](=O)[O-]. The number of carbonyl (C=O) groups excluding carboxylic acids is 1. The summed E-state index contributed by atoms with van der Waals surface area (Å²) in [4.78, 5) is 23.7. The van der Waals surface area contributed by atoms with Gasteiger partial charge in [0.2, 0.25) is 5.69 Å². The number of carbonyl (C=O) groups is 1. The standard InChI is InChI=1S/C26H18BrN5O3/c27-20-11-9-17(10-12-20)15-31-16-24(32(34)35)25(30-31)26(33)29-28-14-23-21-7-3-1-5-18(21)13-19-6-2-4-8-22(19)23/h1-14,16H,15H2,(H,29,33)/b28-14+. The first-order valence-electron chi connectivity index (χ1n) is 10.7. The Bertz CT molecular complexity index is 1560. The van der Waals surface area contributed by atoms with Crippen LogP contribution in [0.2, 0.25) is 0 Å². The molecule has 0 bridgehead atoms. The summed E-state index contributed by atoms with van der Waals surface area (Å²) in [7, 11) is 0. The van der Waals surface area contributed by atoms with Gasteiger partial charge in [-0.15, -0.1) is 0 Å². The van der Waals surface area contributed by atoms with Crippen molar-refractivity contribution in [1.29, 1.82) is 0 Å². The van der Waals surface area contributed by atoms with Gasteiger partial charge in [-0.25, -0.2) is 5.43 Å². The molecule has 5 rings (SSSR count).